The summed E-state index contributed by atoms with van der Waals surface area (Å²) in [7, 11) is 0. The minimum absolute atomic E-state index is 0. The fraction of sp³-hybridized carbons (Fsp3) is 0.611. The summed E-state index contributed by atoms with van der Waals surface area (Å²) in [5, 5.41) is 3.41. The van der Waals surface area contributed by atoms with E-state index in [0.717, 1.165) is 49.4 Å². The molecule has 1 aromatic rings. The highest BCUT2D eigenvalue weighted by atomic mass is 79.9. The van der Waals surface area contributed by atoms with Crippen LogP contribution in [0.2, 0.25) is 0 Å². The quantitative estimate of drug-likeness (QED) is 0.671. The second-order valence-electron chi connectivity index (χ2n) is 6.29. The van der Waals surface area contributed by atoms with Gasteiger partial charge in [-0.1, -0.05) is 22.9 Å². The number of carbonyl (C=O) groups excluding carboxylic acids is 1. The molecule has 1 N–H and O–H groups in total. The van der Waals surface area contributed by atoms with Crippen molar-refractivity contribution in [1.29, 1.82) is 0 Å². The molecule has 3 nitrogen and oxygen atoms in total. The molecule has 6 heteroatoms. The van der Waals surface area contributed by atoms with Crippen LogP contribution in [0.4, 0.5) is 0 Å². The monoisotopic (exact) mass is 434 g/mol. The van der Waals surface area contributed by atoms with Gasteiger partial charge in [0.1, 0.15) is 0 Å². The Morgan fingerprint density at radius 3 is 2.58 bits per heavy atom. The summed E-state index contributed by atoms with van der Waals surface area (Å²) >= 11 is 5.22. The second kappa shape index (κ2) is 10.7. The van der Waals surface area contributed by atoms with Crippen molar-refractivity contribution in [2.45, 2.75) is 38.5 Å². The number of rotatable bonds is 6. The first-order valence-corrected chi connectivity index (χ1v) is 10.2. The number of aryl methyl sites for hydroxylation is 2. The first-order valence-electron chi connectivity index (χ1n) is 8.39. The number of hydrogen-bond donors (Lipinski definition) is 1. The number of thioether (sulfide) groups is 1. The number of nitrogens with one attached hydrogen (secondary N) is 1. The van der Waals surface area contributed by atoms with Crippen molar-refractivity contribution in [1.82, 2.24) is 10.2 Å². The van der Waals surface area contributed by atoms with E-state index < -0.39 is 0 Å². The third-order valence-electron chi connectivity index (χ3n) is 4.46. The average Bonchev–Trinajstić information content (AvgIpc) is 2.55. The summed E-state index contributed by atoms with van der Waals surface area (Å²) in [6.07, 6.45) is 2.25. The summed E-state index contributed by atoms with van der Waals surface area (Å²) in [5.74, 6) is 1.54. The number of benzene rings is 1. The lowest BCUT2D eigenvalue weighted by atomic mass is 9.97. The highest BCUT2D eigenvalue weighted by Gasteiger charge is 2.22. The van der Waals surface area contributed by atoms with E-state index in [4.69, 9.17) is 0 Å². The van der Waals surface area contributed by atoms with E-state index in [-0.39, 0.29) is 18.3 Å². The molecule has 0 spiro atoms. The molecule has 0 atom stereocenters. The molecule has 1 heterocycles. The zero-order valence-electron chi connectivity index (χ0n) is 14.7. The van der Waals surface area contributed by atoms with Crippen LogP contribution < -0.4 is 5.32 Å². The molecule has 1 aromatic carbocycles. The maximum Gasteiger partial charge on any atom is 0.232 e. The van der Waals surface area contributed by atoms with E-state index in [1.807, 2.05) is 4.90 Å². The van der Waals surface area contributed by atoms with E-state index in [0.29, 0.717) is 5.75 Å². The number of amides is 1. The van der Waals surface area contributed by atoms with Crippen molar-refractivity contribution in [2.24, 2.45) is 5.92 Å². The summed E-state index contributed by atoms with van der Waals surface area (Å²) < 4.78 is 1.13. The van der Waals surface area contributed by atoms with Crippen molar-refractivity contribution < 1.29 is 4.79 Å². The highest BCUT2D eigenvalue weighted by molar-refractivity contribution is 9.10. The van der Waals surface area contributed by atoms with Crippen molar-refractivity contribution in [2.75, 3.05) is 31.9 Å². The van der Waals surface area contributed by atoms with Gasteiger partial charge >= 0.3 is 0 Å². The summed E-state index contributed by atoms with van der Waals surface area (Å²) in [6.45, 7) is 10.3. The Bertz CT molecular complexity index is 548. The maximum absolute atomic E-state index is 12.4. The summed E-state index contributed by atoms with van der Waals surface area (Å²) in [4.78, 5) is 15.7. The summed E-state index contributed by atoms with van der Waals surface area (Å²) in [5.41, 5.74) is 2.44. The standard InChI is InChI=1S/C18H27BrN2OS.ClH/c1-4-20-11-15-5-7-21(8-6-15)18(22)12-23-17-10-13(2)16(19)9-14(17)3;/h9-10,15,20H,4-8,11-12H2,1-3H3;1H. The van der Waals surface area contributed by atoms with Crippen molar-refractivity contribution in [3.63, 3.8) is 0 Å². The van der Waals surface area contributed by atoms with E-state index in [9.17, 15) is 4.79 Å². The fourth-order valence-corrected chi connectivity index (χ4v) is 4.34. The van der Waals surface area contributed by atoms with Crippen LogP contribution >= 0.6 is 40.1 Å². The molecular weight excluding hydrogens is 408 g/mol. The lowest BCUT2D eigenvalue weighted by Gasteiger charge is -2.32. The fourth-order valence-electron chi connectivity index (χ4n) is 2.88. The number of carbonyl (C=O) groups is 1. The second-order valence-corrected chi connectivity index (χ2v) is 8.16. The van der Waals surface area contributed by atoms with Crippen LogP contribution in [0.5, 0.6) is 0 Å². The minimum Gasteiger partial charge on any atom is -0.342 e. The smallest absolute Gasteiger partial charge is 0.232 e. The lowest BCUT2D eigenvalue weighted by molar-refractivity contribution is -0.129. The van der Waals surface area contributed by atoms with Gasteiger partial charge in [0.25, 0.3) is 0 Å². The Kier molecular flexibility index (Phi) is 9.72. The molecule has 0 saturated carbocycles. The number of nitrogens with zero attached hydrogens (tertiary/aromatic N) is 1. The third-order valence-corrected chi connectivity index (χ3v) is 6.45. The molecule has 136 valence electrons. The molecule has 24 heavy (non-hydrogen) atoms. The number of piperidine rings is 1. The van der Waals surface area contributed by atoms with Gasteiger partial charge in [-0.25, -0.2) is 0 Å². The van der Waals surface area contributed by atoms with Gasteiger partial charge in [0.2, 0.25) is 5.91 Å². The van der Waals surface area contributed by atoms with Crippen LogP contribution in [0.15, 0.2) is 21.5 Å². The largest absolute Gasteiger partial charge is 0.342 e. The normalized spacial score (nSPS) is 15.2. The van der Waals surface area contributed by atoms with Crippen LogP contribution in [0.3, 0.4) is 0 Å². The Hall–Kier alpha value is -0.230. The van der Waals surface area contributed by atoms with Gasteiger partial charge in [0.15, 0.2) is 0 Å². The van der Waals surface area contributed by atoms with Gasteiger partial charge in [-0.05, 0) is 69.0 Å². The average molecular weight is 436 g/mol. The van der Waals surface area contributed by atoms with Crippen molar-refractivity contribution in [3.8, 4) is 0 Å². The molecule has 1 fully saturated rings. The zero-order valence-corrected chi connectivity index (χ0v) is 18.0. The molecule has 0 bridgehead atoms. The molecule has 1 aliphatic rings. The molecule has 1 amide bonds. The van der Waals surface area contributed by atoms with Gasteiger partial charge in [0.05, 0.1) is 5.75 Å². The van der Waals surface area contributed by atoms with E-state index in [1.54, 1.807) is 11.8 Å². The maximum atomic E-state index is 12.4. The van der Waals surface area contributed by atoms with E-state index in [1.165, 1.54) is 16.0 Å². The SMILES string of the molecule is CCNCC1CCN(C(=O)CSc2cc(C)c(Br)cc2C)CC1.Cl. The van der Waals surface area contributed by atoms with Crippen LogP contribution in [0.1, 0.15) is 30.9 Å². The zero-order chi connectivity index (χ0) is 16.8. The molecular formula is C18H28BrClN2OS. The van der Waals surface area contributed by atoms with Crippen LogP contribution in [0, 0.1) is 19.8 Å². The number of halogens is 2. The van der Waals surface area contributed by atoms with Gasteiger partial charge in [-0.3, -0.25) is 4.79 Å². The molecule has 1 aliphatic heterocycles. The third kappa shape index (κ3) is 6.25. The van der Waals surface area contributed by atoms with Gasteiger partial charge in [-0.15, -0.1) is 24.2 Å². The molecule has 0 unspecified atom stereocenters. The molecule has 0 aromatic heterocycles. The molecule has 2 rings (SSSR count). The number of likely N-dealkylation sites (tertiary alicyclic amines) is 1. The van der Waals surface area contributed by atoms with E-state index in [2.05, 4.69) is 54.2 Å². The first kappa shape index (κ1) is 21.8. The lowest BCUT2D eigenvalue weighted by Crippen LogP contribution is -2.41. The van der Waals surface area contributed by atoms with E-state index >= 15 is 0 Å². The molecule has 1 saturated heterocycles. The molecule has 0 aliphatic carbocycles. The van der Waals surface area contributed by atoms with Gasteiger partial charge in [-0.2, -0.15) is 0 Å². The predicted molar refractivity (Wildman–Crippen MR) is 109 cm³/mol. The predicted octanol–water partition coefficient (Wildman–Crippen LogP) is 4.43. The van der Waals surface area contributed by atoms with Gasteiger partial charge < -0.3 is 10.2 Å². The first-order chi connectivity index (χ1) is 11.0. The van der Waals surface area contributed by atoms with Crippen molar-refractivity contribution >= 4 is 46.0 Å². The van der Waals surface area contributed by atoms with Crippen LogP contribution in [0.25, 0.3) is 0 Å². The summed E-state index contributed by atoms with van der Waals surface area (Å²) in [6, 6.07) is 4.30. The topological polar surface area (TPSA) is 32.3 Å². The Morgan fingerprint density at radius 2 is 1.96 bits per heavy atom. The van der Waals surface area contributed by atoms with Gasteiger partial charge in [0, 0.05) is 22.5 Å². The Morgan fingerprint density at radius 1 is 1.29 bits per heavy atom. The molecule has 0 radical (unpaired) electrons. The Balaban J connectivity index is 0.00000288. The van der Waals surface area contributed by atoms with Crippen LogP contribution in [-0.2, 0) is 4.79 Å². The highest BCUT2D eigenvalue weighted by Crippen LogP contribution is 2.29. The number of hydrogen-bond acceptors (Lipinski definition) is 3. The Labute approximate surface area is 164 Å². The van der Waals surface area contributed by atoms with Crippen LogP contribution in [-0.4, -0.2) is 42.7 Å². The van der Waals surface area contributed by atoms with Crippen molar-refractivity contribution in [3.05, 3.63) is 27.7 Å². The minimum atomic E-state index is 0.